The number of benzene rings is 1. The van der Waals surface area contributed by atoms with Crippen molar-refractivity contribution in [3.05, 3.63) is 54.4 Å². The summed E-state index contributed by atoms with van der Waals surface area (Å²) >= 11 is 0. The lowest BCUT2D eigenvalue weighted by atomic mass is 9.95. The maximum Gasteiger partial charge on any atom is 0.260 e. The zero-order chi connectivity index (χ0) is 20.7. The zero-order valence-corrected chi connectivity index (χ0v) is 17.3. The van der Waals surface area contributed by atoms with E-state index >= 15 is 0 Å². The Morgan fingerprint density at radius 3 is 2.55 bits per heavy atom. The van der Waals surface area contributed by atoms with Crippen LogP contribution >= 0.6 is 0 Å². The Morgan fingerprint density at radius 2 is 1.90 bits per heavy atom. The molecule has 1 heterocycles. The number of ether oxygens (including phenoxy) is 1. The Kier molecular flexibility index (Phi) is 7.22. The first-order valence-electron chi connectivity index (χ1n) is 9.90. The molecule has 0 unspecified atom stereocenters. The van der Waals surface area contributed by atoms with Crippen LogP contribution in [-0.2, 0) is 21.4 Å². The highest BCUT2D eigenvalue weighted by Crippen LogP contribution is 2.19. The summed E-state index contributed by atoms with van der Waals surface area (Å²) in [4.78, 5) is 16.4. The number of rotatable bonds is 8. The molecule has 1 aromatic carbocycles. The van der Waals surface area contributed by atoms with Gasteiger partial charge in [0.25, 0.3) is 5.91 Å². The van der Waals surface area contributed by atoms with Gasteiger partial charge >= 0.3 is 0 Å². The Bertz CT molecular complexity index is 895. The zero-order valence-electron chi connectivity index (χ0n) is 16.5. The number of nitrogens with one attached hydrogen (secondary N) is 2. The average Bonchev–Trinajstić information content (AvgIpc) is 2.74. The molecular weight excluding hydrogens is 390 g/mol. The quantitative estimate of drug-likeness (QED) is 0.688. The molecule has 1 aliphatic rings. The molecule has 3 rings (SSSR count). The predicted molar refractivity (Wildman–Crippen MR) is 110 cm³/mol. The molecule has 1 aromatic heterocycles. The molecule has 156 valence electrons. The minimum atomic E-state index is -3.65. The number of pyridine rings is 1. The van der Waals surface area contributed by atoms with Crippen LogP contribution in [0.15, 0.2) is 53.7 Å². The van der Waals surface area contributed by atoms with Gasteiger partial charge in [0.2, 0.25) is 10.0 Å². The van der Waals surface area contributed by atoms with E-state index in [0.717, 1.165) is 31.2 Å². The number of carbonyl (C=O) groups is 1. The van der Waals surface area contributed by atoms with Crippen LogP contribution in [0.3, 0.4) is 0 Å². The Morgan fingerprint density at radius 1 is 1.17 bits per heavy atom. The molecule has 1 atom stereocenters. The van der Waals surface area contributed by atoms with E-state index < -0.39 is 16.1 Å². The van der Waals surface area contributed by atoms with Gasteiger partial charge in [-0.25, -0.2) is 13.1 Å². The van der Waals surface area contributed by atoms with E-state index in [0.29, 0.717) is 5.75 Å². The van der Waals surface area contributed by atoms with Crippen LogP contribution in [0.2, 0.25) is 0 Å². The minimum Gasteiger partial charge on any atom is -0.481 e. The number of carbonyl (C=O) groups excluding carboxylic acids is 1. The second-order valence-corrected chi connectivity index (χ2v) is 9.03. The van der Waals surface area contributed by atoms with Crippen LogP contribution in [0.25, 0.3) is 0 Å². The van der Waals surface area contributed by atoms with Gasteiger partial charge in [0, 0.05) is 25.0 Å². The highest BCUT2D eigenvalue weighted by Gasteiger charge is 2.21. The molecule has 0 saturated heterocycles. The standard InChI is InChI=1S/C21H27N3O4S/c1-16(21(25)24-18-7-3-2-4-8-18)28-19-9-11-20(12-10-19)29(26,27)23-15-17-6-5-13-22-14-17/h5-6,9-14,16,18,23H,2-4,7-8,15H2,1H3,(H,24,25)/t16-/m0/s1. The number of hydrogen-bond donors (Lipinski definition) is 2. The first-order valence-corrected chi connectivity index (χ1v) is 11.4. The van der Waals surface area contributed by atoms with Gasteiger partial charge < -0.3 is 10.1 Å². The summed E-state index contributed by atoms with van der Waals surface area (Å²) < 4.78 is 33.1. The topological polar surface area (TPSA) is 97.4 Å². The maximum atomic E-state index is 12.4. The van der Waals surface area contributed by atoms with E-state index in [1.165, 1.54) is 18.6 Å². The van der Waals surface area contributed by atoms with E-state index in [9.17, 15) is 13.2 Å². The number of hydrogen-bond acceptors (Lipinski definition) is 5. The van der Waals surface area contributed by atoms with Crippen LogP contribution < -0.4 is 14.8 Å². The Balaban J connectivity index is 1.54. The fraction of sp³-hybridized carbons (Fsp3) is 0.429. The maximum absolute atomic E-state index is 12.4. The summed E-state index contributed by atoms with van der Waals surface area (Å²) in [6.45, 7) is 1.85. The van der Waals surface area contributed by atoms with Crippen LogP contribution in [0.5, 0.6) is 5.75 Å². The number of aromatic nitrogens is 1. The third kappa shape index (κ3) is 6.27. The normalized spacial score (nSPS) is 16.2. The third-order valence-electron chi connectivity index (χ3n) is 4.96. The van der Waals surface area contributed by atoms with Gasteiger partial charge in [-0.05, 0) is 55.7 Å². The van der Waals surface area contributed by atoms with Gasteiger partial charge in [0.05, 0.1) is 4.90 Å². The van der Waals surface area contributed by atoms with E-state index in [2.05, 4.69) is 15.0 Å². The van der Waals surface area contributed by atoms with Gasteiger partial charge in [0.15, 0.2) is 6.10 Å². The van der Waals surface area contributed by atoms with Gasteiger partial charge in [-0.3, -0.25) is 9.78 Å². The SMILES string of the molecule is C[C@H](Oc1ccc(S(=O)(=O)NCc2cccnc2)cc1)C(=O)NC1CCCCC1. The lowest BCUT2D eigenvalue weighted by molar-refractivity contribution is -0.128. The fourth-order valence-electron chi connectivity index (χ4n) is 3.28. The molecule has 2 aromatic rings. The lowest BCUT2D eigenvalue weighted by Gasteiger charge is -2.24. The lowest BCUT2D eigenvalue weighted by Crippen LogP contribution is -2.43. The first kappa shape index (κ1) is 21.3. The molecule has 29 heavy (non-hydrogen) atoms. The van der Waals surface area contributed by atoms with E-state index in [1.807, 2.05) is 0 Å². The van der Waals surface area contributed by atoms with Crippen LogP contribution in [0.1, 0.15) is 44.6 Å². The summed E-state index contributed by atoms with van der Waals surface area (Å²) in [6.07, 6.45) is 8.13. The van der Waals surface area contributed by atoms with Gasteiger partial charge in [-0.2, -0.15) is 0 Å². The van der Waals surface area contributed by atoms with Crippen molar-refractivity contribution >= 4 is 15.9 Å². The molecule has 2 N–H and O–H groups in total. The van der Waals surface area contributed by atoms with Crippen molar-refractivity contribution in [2.75, 3.05) is 0 Å². The predicted octanol–water partition coefficient (Wildman–Crippen LogP) is 2.78. The van der Waals surface area contributed by atoms with Crippen molar-refractivity contribution in [3.63, 3.8) is 0 Å². The molecule has 7 nitrogen and oxygen atoms in total. The van der Waals surface area contributed by atoms with E-state index in [1.54, 1.807) is 43.6 Å². The second kappa shape index (κ2) is 9.84. The summed E-state index contributed by atoms with van der Waals surface area (Å²) in [5, 5.41) is 3.03. The molecule has 0 radical (unpaired) electrons. The molecule has 0 spiro atoms. The van der Waals surface area contributed by atoms with E-state index in [4.69, 9.17) is 4.74 Å². The second-order valence-electron chi connectivity index (χ2n) is 7.26. The van der Waals surface area contributed by atoms with Crippen molar-refractivity contribution in [1.29, 1.82) is 0 Å². The van der Waals surface area contributed by atoms with Gasteiger partial charge in [-0.1, -0.05) is 25.3 Å². The smallest absolute Gasteiger partial charge is 0.260 e. The molecule has 0 aliphatic heterocycles. The summed E-state index contributed by atoms with van der Waals surface area (Å²) in [5.74, 6) is 0.300. The Hall–Kier alpha value is -2.45. The highest BCUT2D eigenvalue weighted by atomic mass is 32.2. The van der Waals surface area contributed by atoms with Crippen LogP contribution in [0.4, 0.5) is 0 Å². The van der Waals surface area contributed by atoms with Crippen LogP contribution in [0, 0.1) is 0 Å². The van der Waals surface area contributed by atoms with Crippen molar-refractivity contribution < 1.29 is 17.9 Å². The minimum absolute atomic E-state index is 0.132. The molecule has 1 aliphatic carbocycles. The first-order chi connectivity index (χ1) is 13.9. The summed E-state index contributed by atoms with van der Waals surface area (Å²) in [5.41, 5.74) is 0.772. The number of amides is 1. The fourth-order valence-corrected chi connectivity index (χ4v) is 4.30. The third-order valence-corrected chi connectivity index (χ3v) is 6.37. The largest absolute Gasteiger partial charge is 0.481 e. The number of sulfonamides is 1. The van der Waals surface area contributed by atoms with Crippen molar-refractivity contribution in [3.8, 4) is 5.75 Å². The summed E-state index contributed by atoms with van der Waals surface area (Å²) in [6, 6.07) is 9.82. The Labute approximate surface area is 171 Å². The molecule has 1 fully saturated rings. The van der Waals surface area contributed by atoms with E-state index in [-0.39, 0.29) is 23.4 Å². The molecule has 1 amide bonds. The van der Waals surface area contributed by atoms with Crippen molar-refractivity contribution in [2.45, 2.75) is 62.6 Å². The van der Waals surface area contributed by atoms with Crippen LogP contribution in [-0.4, -0.2) is 31.5 Å². The molecule has 8 heteroatoms. The van der Waals surface area contributed by atoms with Gasteiger partial charge in [0.1, 0.15) is 5.75 Å². The number of nitrogens with zero attached hydrogens (tertiary/aromatic N) is 1. The summed E-state index contributed by atoms with van der Waals surface area (Å²) in [7, 11) is -3.65. The van der Waals surface area contributed by atoms with Crippen molar-refractivity contribution in [2.24, 2.45) is 0 Å². The van der Waals surface area contributed by atoms with Crippen molar-refractivity contribution in [1.82, 2.24) is 15.0 Å². The molecule has 0 bridgehead atoms. The van der Waals surface area contributed by atoms with Gasteiger partial charge in [-0.15, -0.1) is 0 Å². The highest BCUT2D eigenvalue weighted by molar-refractivity contribution is 7.89. The molecular formula is C21H27N3O4S. The average molecular weight is 418 g/mol. The monoisotopic (exact) mass is 417 g/mol. The molecule has 1 saturated carbocycles.